The van der Waals surface area contributed by atoms with Crippen molar-refractivity contribution >= 4 is 58.5 Å². The molecule has 0 spiro atoms. The van der Waals surface area contributed by atoms with Gasteiger partial charge in [-0.3, -0.25) is 19.1 Å². The third-order valence-electron chi connectivity index (χ3n) is 5.31. The summed E-state index contributed by atoms with van der Waals surface area (Å²) in [5.74, 6) is -0.702. The zero-order chi connectivity index (χ0) is 24.1. The lowest BCUT2D eigenvalue weighted by molar-refractivity contribution is 0.102. The zero-order valence-corrected chi connectivity index (χ0v) is 19.8. The number of carbonyl (C=O) groups is 1. The van der Waals surface area contributed by atoms with Crippen molar-refractivity contribution in [2.24, 2.45) is 9.98 Å². The van der Waals surface area contributed by atoms with Crippen LogP contribution in [0.15, 0.2) is 70.6 Å². The van der Waals surface area contributed by atoms with E-state index >= 15 is 0 Å². The van der Waals surface area contributed by atoms with Crippen LogP contribution in [-0.4, -0.2) is 35.3 Å². The zero-order valence-electron chi connectivity index (χ0n) is 18.2. The van der Waals surface area contributed by atoms with Crippen LogP contribution in [0, 0.1) is 5.82 Å². The molecule has 0 radical (unpaired) electrons. The van der Waals surface area contributed by atoms with Crippen LogP contribution in [0.4, 0.5) is 21.5 Å². The Morgan fingerprint density at radius 3 is 2.76 bits per heavy atom. The van der Waals surface area contributed by atoms with Crippen LogP contribution in [0.5, 0.6) is 0 Å². The molecule has 3 aromatic rings. The van der Waals surface area contributed by atoms with E-state index in [0.29, 0.717) is 34.3 Å². The minimum absolute atomic E-state index is 0.100. The van der Waals surface area contributed by atoms with E-state index < -0.39 is 22.7 Å². The quantitative estimate of drug-likeness (QED) is 0.435. The van der Waals surface area contributed by atoms with Crippen LogP contribution < -0.4 is 9.62 Å². The fourth-order valence-electron chi connectivity index (χ4n) is 3.59. The molecule has 1 N–H and O–H groups in total. The Labute approximate surface area is 204 Å². The summed E-state index contributed by atoms with van der Waals surface area (Å²) in [7, 11) is -1.16. The summed E-state index contributed by atoms with van der Waals surface area (Å²) in [5.41, 5.74) is 3.13. The number of benzene rings is 3. The molecule has 0 bridgehead atoms. The summed E-state index contributed by atoms with van der Waals surface area (Å²) in [6.07, 6.45) is 2.48. The number of amides is 1. The maximum Gasteiger partial charge on any atom is 0.258 e. The van der Waals surface area contributed by atoms with Gasteiger partial charge in [-0.05, 0) is 61.2 Å². The van der Waals surface area contributed by atoms with Gasteiger partial charge in [-0.25, -0.2) is 8.60 Å². The molecule has 1 heterocycles. The maximum absolute atomic E-state index is 14.7. The number of aliphatic imine (C=N–C) groups is 2. The summed E-state index contributed by atoms with van der Waals surface area (Å²) in [5, 5.41) is 3.20. The van der Waals surface area contributed by atoms with Crippen molar-refractivity contribution in [3.8, 4) is 0 Å². The molecular formula is C25H22ClFN4O2S. The molecule has 1 amide bonds. The fourth-order valence-corrected chi connectivity index (χ4v) is 5.04. The summed E-state index contributed by atoms with van der Waals surface area (Å²) >= 11 is 6.30. The van der Waals surface area contributed by atoms with Crippen molar-refractivity contribution in [2.45, 2.75) is 13.0 Å². The molecule has 9 heteroatoms. The molecule has 1 atom stereocenters. The first-order chi connectivity index (χ1) is 16.5. The normalized spacial score (nSPS) is 15.6. The van der Waals surface area contributed by atoms with Crippen molar-refractivity contribution < 1.29 is 13.4 Å². The number of nitrogens with one attached hydrogen (secondary N) is 1. The number of hydrogen-bond donors (Lipinski definition) is 1. The Morgan fingerprint density at radius 2 is 2.03 bits per heavy atom. The van der Waals surface area contributed by atoms with Gasteiger partial charge in [-0.2, -0.15) is 0 Å². The topological polar surface area (TPSA) is 74.1 Å². The second-order valence-electron chi connectivity index (χ2n) is 7.59. The third kappa shape index (κ3) is 5.40. The van der Waals surface area contributed by atoms with Gasteiger partial charge in [0.1, 0.15) is 16.8 Å². The highest BCUT2D eigenvalue weighted by Gasteiger charge is 2.22. The lowest BCUT2D eigenvalue weighted by Gasteiger charge is -2.16. The Bertz CT molecular complexity index is 1300. The van der Waals surface area contributed by atoms with Crippen molar-refractivity contribution in [3.05, 3.63) is 88.2 Å². The van der Waals surface area contributed by atoms with Crippen molar-refractivity contribution in [2.75, 3.05) is 21.9 Å². The van der Waals surface area contributed by atoms with E-state index in [1.807, 2.05) is 24.3 Å². The van der Waals surface area contributed by atoms with E-state index in [1.165, 1.54) is 12.1 Å². The number of nitrogens with zero attached hydrogens (tertiary/aromatic N) is 3. The van der Waals surface area contributed by atoms with E-state index in [0.717, 1.165) is 17.7 Å². The van der Waals surface area contributed by atoms with E-state index in [9.17, 15) is 13.4 Å². The highest BCUT2D eigenvalue weighted by molar-refractivity contribution is 7.86. The average Bonchev–Trinajstić information content (AvgIpc) is 3.27. The van der Waals surface area contributed by atoms with E-state index in [4.69, 9.17) is 11.6 Å². The Kier molecular flexibility index (Phi) is 7.49. The molecule has 1 aliphatic heterocycles. The Hall–Kier alpha value is -3.36. The molecule has 0 saturated carbocycles. The lowest BCUT2D eigenvalue weighted by atomic mass is 10.1. The van der Waals surface area contributed by atoms with Crippen molar-refractivity contribution in [1.82, 2.24) is 0 Å². The predicted molar refractivity (Wildman–Crippen MR) is 138 cm³/mol. The number of halogens is 2. The summed E-state index contributed by atoms with van der Waals surface area (Å²) in [4.78, 5) is 21.1. The first-order valence-corrected chi connectivity index (χ1v) is 12.2. The minimum atomic E-state index is -1.16. The maximum atomic E-state index is 14.7. The molecule has 1 saturated heterocycles. The first-order valence-electron chi connectivity index (χ1n) is 10.6. The molecule has 0 aromatic heterocycles. The van der Waals surface area contributed by atoms with Crippen LogP contribution in [0.2, 0.25) is 5.02 Å². The van der Waals surface area contributed by atoms with Crippen LogP contribution >= 0.6 is 11.6 Å². The first kappa shape index (κ1) is 23.8. The van der Waals surface area contributed by atoms with E-state index in [-0.39, 0.29) is 12.1 Å². The molecule has 6 nitrogen and oxygen atoms in total. The number of rotatable bonds is 7. The molecular weight excluding hydrogens is 475 g/mol. The van der Waals surface area contributed by atoms with Gasteiger partial charge in [0.15, 0.2) is 0 Å². The molecule has 3 aromatic carbocycles. The molecule has 34 heavy (non-hydrogen) atoms. The summed E-state index contributed by atoms with van der Waals surface area (Å²) < 4.78 is 28.3. The lowest BCUT2D eigenvalue weighted by Crippen LogP contribution is -2.20. The number of carbonyl (C=O) groups excluding carboxylic acids is 1. The van der Waals surface area contributed by atoms with Gasteiger partial charge < -0.3 is 5.32 Å². The van der Waals surface area contributed by atoms with Crippen LogP contribution in [0.3, 0.4) is 0 Å². The van der Waals surface area contributed by atoms with E-state index in [2.05, 4.69) is 22.0 Å². The van der Waals surface area contributed by atoms with Gasteiger partial charge >= 0.3 is 0 Å². The second-order valence-corrected chi connectivity index (χ2v) is 9.49. The van der Waals surface area contributed by atoms with Crippen LogP contribution in [0.1, 0.15) is 27.9 Å². The smallest absolute Gasteiger partial charge is 0.258 e. The van der Waals surface area contributed by atoms with Gasteiger partial charge in [0, 0.05) is 34.8 Å². The Morgan fingerprint density at radius 1 is 1.21 bits per heavy atom. The largest absolute Gasteiger partial charge is 0.322 e. The average molecular weight is 497 g/mol. The Balaban J connectivity index is 1.46. The number of hydrogen-bond acceptors (Lipinski definition) is 4. The van der Waals surface area contributed by atoms with Gasteiger partial charge in [0.2, 0.25) is 0 Å². The second kappa shape index (κ2) is 10.7. The predicted octanol–water partition coefficient (Wildman–Crippen LogP) is 5.56. The highest BCUT2D eigenvalue weighted by atomic mass is 35.5. The van der Waals surface area contributed by atoms with Crippen molar-refractivity contribution in [3.63, 3.8) is 0 Å². The SMILES string of the molecule is C=Nc1ccccc1C=NCc1cc(NC(=O)c2ccc(N3CCCS3=O)cc2F)ccc1Cl. The molecule has 174 valence electrons. The molecule has 1 unspecified atom stereocenters. The van der Waals surface area contributed by atoms with Crippen LogP contribution in [0.25, 0.3) is 0 Å². The van der Waals surface area contributed by atoms with Gasteiger partial charge in [0.05, 0.1) is 23.5 Å². The van der Waals surface area contributed by atoms with Gasteiger partial charge in [0.25, 0.3) is 5.91 Å². The van der Waals surface area contributed by atoms with Crippen molar-refractivity contribution in [1.29, 1.82) is 0 Å². The van der Waals surface area contributed by atoms with Gasteiger partial charge in [-0.15, -0.1) is 0 Å². The molecule has 0 aliphatic carbocycles. The molecule has 1 aliphatic rings. The molecule has 1 fully saturated rings. The monoisotopic (exact) mass is 496 g/mol. The van der Waals surface area contributed by atoms with Crippen LogP contribution in [-0.2, 0) is 17.5 Å². The third-order valence-corrected chi connectivity index (χ3v) is 7.21. The number of para-hydroxylation sites is 1. The number of anilines is 2. The standard InChI is InChI=1S/C25H22ClFN4O2S/c1-28-24-6-3-2-5-17(24)15-29-16-18-13-19(7-10-22(18)26)30-25(32)21-9-8-20(14-23(21)27)31-11-4-12-34(31)33/h2-3,5-10,13-15H,1,4,11-12,16H2,(H,30,32). The minimum Gasteiger partial charge on any atom is -0.322 e. The summed E-state index contributed by atoms with van der Waals surface area (Å²) in [6.45, 7) is 4.44. The molecule has 4 rings (SSSR count). The van der Waals surface area contributed by atoms with E-state index in [1.54, 1.807) is 34.8 Å². The summed E-state index contributed by atoms with van der Waals surface area (Å²) in [6, 6.07) is 16.7. The van der Waals surface area contributed by atoms with Gasteiger partial charge in [-0.1, -0.05) is 29.8 Å². The highest BCUT2D eigenvalue weighted by Crippen LogP contribution is 2.26. The fraction of sp³-hybridized carbons (Fsp3) is 0.160.